The molecule has 5 nitrogen and oxygen atoms in total. The van der Waals surface area contributed by atoms with Gasteiger partial charge in [0.15, 0.2) is 5.78 Å². The number of likely N-dealkylation sites (tertiary alicyclic amines) is 1. The third-order valence-electron chi connectivity index (χ3n) is 4.23. The Hall–Kier alpha value is -1.91. The molecule has 22 heavy (non-hydrogen) atoms. The van der Waals surface area contributed by atoms with E-state index < -0.39 is 5.56 Å². The van der Waals surface area contributed by atoms with Gasteiger partial charge in [0.2, 0.25) is 0 Å². The van der Waals surface area contributed by atoms with Crippen molar-refractivity contribution in [3.8, 4) is 0 Å². The maximum atomic E-state index is 12.6. The lowest BCUT2D eigenvalue weighted by Crippen LogP contribution is -2.34. The molecule has 1 aromatic heterocycles. The van der Waals surface area contributed by atoms with Crippen molar-refractivity contribution in [2.75, 3.05) is 13.1 Å². The Kier molecular flexibility index (Phi) is 4.84. The summed E-state index contributed by atoms with van der Waals surface area (Å²) in [7, 11) is 0. The zero-order chi connectivity index (χ0) is 16.4. The second-order valence-electron chi connectivity index (χ2n) is 6.64. The molecule has 0 unspecified atom stereocenters. The lowest BCUT2D eigenvalue weighted by atomic mass is 9.97. The highest BCUT2D eigenvalue weighted by Crippen LogP contribution is 2.24. The van der Waals surface area contributed by atoms with E-state index >= 15 is 0 Å². The number of aromatic amines is 1. The predicted octanol–water partition coefficient (Wildman–Crippen LogP) is 2.39. The van der Waals surface area contributed by atoms with Crippen LogP contribution in [-0.2, 0) is 0 Å². The van der Waals surface area contributed by atoms with E-state index in [0.717, 1.165) is 12.8 Å². The van der Waals surface area contributed by atoms with Gasteiger partial charge in [-0.3, -0.25) is 14.4 Å². The van der Waals surface area contributed by atoms with Crippen molar-refractivity contribution in [1.82, 2.24) is 9.88 Å². The number of carbonyl (C=O) groups is 2. The summed E-state index contributed by atoms with van der Waals surface area (Å²) < 4.78 is 0. The van der Waals surface area contributed by atoms with E-state index in [0.29, 0.717) is 36.2 Å². The van der Waals surface area contributed by atoms with Crippen molar-refractivity contribution < 1.29 is 9.59 Å². The Labute approximate surface area is 130 Å². The van der Waals surface area contributed by atoms with Crippen molar-refractivity contribution in [2.24, 2.45) is 11.8 Å². The first-order valence-electron chi connectivity index (χ1n) is 7.83. The van der Waals surface area contributed by atoms with Crippen LogP contribution < -0.4 is 5.56 Å². The van der Waals surface area contributed by atoms with Gasteiger partial charge in [-0.25, -0.2) is 0 Å². The number of aromatic nitrogens is 1. The highest BCUT2D eigenvalue weighted by atomic mass is 16.2. The zero-order valence-corrected chi connectivity index (χ0v) is 13.7. The minimum Gasteiger partial charge on any atom is -0.338 e. The highest BCUT2D eigenvalue weighted by molar-refractivity contribution is 6.00. The lowest BCUT2D eigenvalue weighted by molar-refractivity contribution is 0.0783. The molecule has 1 amide bonds. The molecule has 1 fully saturated rings. The molecule has 1 aliphatic rings. The molecule has 0 spiro atoms. The number of carbonyl (C=O) groups excluding carboxylic acids is 2. The number of rotatable bonds is 4. The molecule has 2 rings (SSSR count). The number of ketones is 1. The van der Waals surface area contributed by atoms with E-state index in [1.807, 2.05) is 0 Å². The van der Waals surface area contributed by atoms with E-state index in [1.54, 1.807) is 11.8 Å². The fourth-order valence-corrected chi connectivity index (χ4v) is 3.19. The third kappa shape index (κ3) is 3.46. The molecule has 1 N–H and O–H groups in total. The Morgan fingerprint density at radius 2 is 2.05 bits per heavy atom. The number of pyridine rings is 1. The average molecular weight is 304 g/mol. The standard InChI is InChI=1S/C17H24N2O3/c1-10(2)7-13-5-6-19(9-13)17(22)15-8-14(12(4)20)11(3)18-16(15)21/h8,10,13H,5-7,9H2,1-4H3,(H,18,21)/t13-/m1/s1. The SMILES string of the molecule is CC(=O)c1cc(C(=O)N2CC[C@H](CC(C)C)C2)c(=O)[nH]c1C. The van der Waals surface area contributed by atoms with Crippen LogP contribution in [0, 0.1) is 18.8 Å². The molecule has 0 saturated carbocycles. The Morgan fingerprint density at radius 3 is 2.64 bits per heavy atom. The van der Waals surface area contributed by atoms with E-state index in [4.69, 9.17) is 0 Å². The summed E-state index contributed by atoms with van der Waals surface area (Å²) in [5, 5.41) is 0. The van der Waals surface area contributed by atoms with Gasteiger partial charge in [-0.1, -0.05) is 13.8 Å². The summed E-state index contributed by atoms with van der Waals surface area (Å²) in [5.74, 6) is 0.685. The molecule has 1 aromatic rings. The van der Waals surface area contributed by atoms with Crippen molar-refractivity contribution in [1.29, 1.82) is 0 Å². The van der Waals surface area contributed by atoms with Crippen molar-refractivity contribution >= 4 is 11.7 Å². The van der Waals surface area contributed by atoms with Gasteiger partial charge in [0.25, 0.3) is 11.5 Å². The monoisotopic (exact) mass is 304 g/mol. The molecular formula is C17H24N2O3. The fourth-order valence-electron chi connectivity index (χ4n) is 3.19. The van der Waals surface area contributed by atoms with E-state index in [-0.39, 0.29) is 17.3 Å². The number of aryl methyl sites for hydroxylation is 1. The number of nitrogens with zero attached hydrogens (tertiary/aromatic N) is 1. The van der Waals surface area contributed by atoms with Crippen LogP contribution in [0.25, 0.3) is 0 Å². The largest absolute Gasteiger partial charge is 0.338 e. The summed E-state index contributed by atoms with van der Waals surface area (Å²) in [6.07, 6.45) is 2.07. The first kappa shape index (κ1) is 16.5. The summed E-state index contributed by atoms with van der Waals surface area (Å²) in [4.78, 5) is 40.6. The molecule has 120 valence electrons. The van der Waals surface area contributed by atoms with Gasteiger partial charge in [-0.15, -0.1) is 0 Å². The first-order chi connectivity index (χ1) is 10.3. The van der Waals surface area contributed by atoms with Crippen LogP contribution in [-0.4, -0.2) is 34.7 Å². The number of hydrogen-bond donors (Lipinski definition) is 1. The van der Waals surface area contributed by atoms with Crippen LogP contribution in [0.1, 0.15) is 60.0 Å². The number of nitrogens with one attached hydrogen (secondary N) is 1. The number of Topliss-reactive ketones (excluding diaryl/α,β-unsaturated/α-hetero) is 1. The highest BCUT2D eigenvalue weighted by Gasteiger charge is 2.29. The van der Waals surface area contributed by atoms with E-state index in [1.165, 1.54) is 13.0 Å². The molecule has 0 bridgehead atoms. The van der Waals surface area contributed by atoms with Crippen molar-refractivity contribution in [3.63, 3.8) is 0 Å². The normalized spacial score (nSPS) is 18.0. The molecule has 2 heterocycles. The van der Waals surface area contributed by atoms with Crippen LogP contribution in [0.4, 0.5) is 0 Å². The number of H-pyrrole nitrogens is 1. The van der Waals surface area contributed by atoms with Gasteiger partial charge >= 0.3 is 0 Å². The minimum atomic E-state index is -0.417. The number of amides is 1. The van der Waals surface area contributed by atoms with Gasteiger partial charge in [0.05, 0.1) is 0 Å². The molecule has 1 saturated heterocycles. The first-order valence-corrected chi connectivity index (χ1v) is 7.83. The molecule has 5 heteroatoms. The number of hydrogen-bond acceptors (Lipinski definition) is 3. The van der Waals surface area contributed by atoms with Crippen LogP contribution in [0.15, 0.2) is 10.9 Å². The molecule has 0 aromatic carbocycles. The van der Waals surface area contributed by atoms with Crippen molar-refractivity contribution in [3.05, 3.63) is 33.2 Å². The molecule has 0 aliphatic carbocycles. The van der Waals surface area contributed by atoms with Gasteiger partial charge in [-0.05, 0) is 44.6 Å². The summed E-state index contributed by atoms with van der Waals surface area (Å²) in [6, 6.07) is 1.44. The maximum absolute atomic E-state index is 12.6. The molecule has 1 aliphatic heterocycles. The van der Waals surface area contributed by atoms with Crippen LogP contribution in [0.2, 0.25) is 0 Å². The minimum absolute atomic E-state index is 0.0704. The second-order valence-corrected chi connectivity index (χ2v) is 6.64. The predicted molar refractivity (Wildman–Crippen MR) is 85.3 cm³/mol. The quantitative estimate of drug-likeness (QED) is 0.868. The van der Waals surface area contributed by atoms with Gasteiger partial charge in [0, 0.05) is 24.3 Å². The van der Waals surface area contributed by atoms with E-state index in [9.17, 15) is 14.4 Å². The second kappa shape index (κ2) is 6.46. The van der Waals surface area contributed by atoms with E-state index in [2.05, 4.69) is 18.8 Å². The summed E-state index contributed by atoms with van der Waals surface area (Å²) in [5.41, 5.74) is 0.565. The van der Waals surface area contributed by atoms with Crippen molar-refractivity contribution in [2.45, 2.75) is 40.5 Å². The van der Waals surface area contributed by atoms with Crippen LogP contribution >= 0.6 is 0 Å². The molecular weight excluding hydrogens is 280 g/mol. The Morgan fingerprint density at radius 1 is 1.36 bits per heavy atom. The fraction of sp³-hybridized carbons (Fsp3) is 0.588. The Balaban J connectivity index is 2.22. The van der Waals surface area contributed by atoms with Gasteiger partial charge in [0.1, 0.15) is 5.56 Å². The smallest absolute Gasteiger partial charge is 0.261 e. The summed E-state index contributed by atoms with van der Waals surface area (Å²) >= 11 is 0. The molecule has 1 atom stereocenters. The van der Waals surface area contributed by atoms with Crippen LogP contribution in [0.5, 0.6) is 0 Å². The average Bonchev–Trinajstić information content (AvgIpc) is 2.85. The summed E-state index contributed by atoms with van der Waals surface area (Å²) in [6.45, 7) is 8.83. The maximum Gasteiger partial charge on any atom is 0.261 e. The Bertz CT molecular complexity index is 646. The lowest BCUT2D eigenvalue weighted by Gasteiger charge is -2.17. The van der Waals surface area contributed by atoms with Gasteiger partial charge in [-0.2, -0.15) is 0 Å². The van der Waals surface area contributed by atoms with Crippen LogP contribution in [0.3, 0.4) is 0 Å². The third-order valence-corrected chi connectivity index (χ3v) is 4.23. The zero-order valence-electron chi connectivity index (χ0n) is 13.7. The topological polar surface area (TPSA) is 70.2 Å². The molecule has 0 radical (unpaired) electrons. The van der Waals surface area contributed by atoms with Gasteiger partial charge < -0.3 is 9.88 Å².